The van der Waals surface area contributed by atoms with E-state index in [1.165, 1.54) is 6.07 Å². The standard InChI is InChI=1S/C21H17FN8O/c22-13-7-12(18(21(24)31)25-9-13)4-6-30-10-15-14-2-1-11(16-3-5-26-28-16)8-17(14)27-20(23)19(15)29-30/h1-3,5,7-10H,4,6H2,(H2,23,27)(H2,24,31)(H,26,28). The Morgan fingerprint density at radius 3 is 2.84 bits per heavy atom. The molecule has 5 aromatic rings. The van der Waals surface area contributed by atoms with Crippen LogP contribution in [0.1, 0.15) is 16.1 Å². The number of benzene rings is 1. The van der Waals surface area contributed by atoms with Crippen molar-refractivity contribution < 1.29 is 9.18 Å². The molecule has 0 saturated carbocycles. The van der Waals surface area contributed by atoms with E-state index in [4.69, 9.17) is 11.5 Å². The highest BCUT2D eigenvalue weighted by Gasteiger charge is 2.14. The number of carbonyl (C=O) groups excluding carboxylic acids is 1. The number of aromatic nitrogens is 6. The number of anilines is 1. The first-order valence-corrected chi connectivity index (χ1v) is 9.50. The Balaban J connectivity index is 1.51. The minimum atomic E-state index is -0.701. The van der Waals surface area contributed by atoms with Gasteiger partial charge in [0.2, 0.25) is 0 Å². The van der Waals surface area contributed by atoms with Gasteiger partial charge in [0, 0.05) is 35.3 Å². The van der Waals surface area contributed by atoms with Gasteiger partial charge in [-0.1, -0.05) is 12.1 Å². The van der Waals surface area contributed by atoms with Crippen molar-refractivity contribution in [3.8, 4) is 11.3 Å². The van der Waals surface area contributed by atoms with Crippen molar-refractivity contribution in [1.29, 1.82) is 0 Å². The number of H-pyrrole nitrogens is 1. The summed E-state index contributed by atoms with van der Waals surface area (Å²) in [5.41, 5.74) is 15.1. The number of fused-ring (bicyclic) bond motifs is 3. The summed E-state index contributed by atoms with van der Waals surface area (Å²) in [6.45, 7) is 0.382. The fraction of sp³-hybridized carbons (Fsp3) is 0.0952. The Labute approximate surface area is 174 Å². The van der Waals surface area contributed by atoms with Crippen LogP contribution in [0.25, 0.3) is 33.1 Å². The highest BCUT2D eigenvalue weighted by atomic mass is 19.1. The number of pyridine rings is 2. The number of aromatic amines is 1. The van der Waals surface area contributed by atoms with Gasteiger partial charge >= 0.3 is 0 Å². The molecule has 0 aliphatic rings. The van der Waals surface area contributed by atoms with Gasteiger partial charge in [0.1, 0.15) is 17.0 Å². The molecule has 0 aliphatic heterocycles. The van der Waals surface area contributed by atoms with Crippen molar-refractivity contribution >= 4 is 33.5 Å². The molecule has 0 saturated heterocycles. The van der Waals surface area contributed by atoms with E-state index < -0.39 is 11.7 Å². The first-order chi connectivity index (χ1) is 15.0. The molecule has 1 aromatic carbocycles. The highest BCUT2D eigenvalue weighted by Crippen LogP contribution is 2.30. The summed E-state index contributed by atoms with van der Waals surface area (Å²) in [4.78, 5) is 19.9. The van der Waals surface area contributed by atoms with Gasteiger partial charge in [-0.15, -0.1) is 0 Å². The Bertz CT molecular complexity index is 1440. The van der Waals surface area contributed by atoms with Crippen molar-refractivity contribution in [1.82, 2.24) is 29.9 Å². The highest BCUT2D eigenvalue weighted by molar-refractivity contribution is 6.08. The summed E-state index contributed by atoms with van der Waals surface area (Å²) in [5, 5.41) is 13.2. The molecule has 0 fully saturated rings. The second-order valence-electron chi connectivity index (χ2n) is 7.13. The number of nitrogens with zero attached hydrogens (tertiary/aromatic N) is 5. The average Bonchev–Trinajstić information content (AvgIpc) is 3.42. The van der Waals surface area contributed by atoms with Crippen LogP contribution in [0, 0.1) is 5.82 Å². The van der Waals surface area contributed by atoms with Gasteiger partial charge in [0.25, 0.3) is 5.91 Å². The third-order valence-corrected chi connectivity index (χ3v) is 5.12. The second-order valence-corrected chi connectivity index (χ2v) is 7.13. The number of hydrogen-bond donors (Lipinski definition) is 3. The van der Waals surface area contributed by atoms with Gasteiger partial charge in [-0.2, -0.15) is 10.2 Å². The van der Waals surface area contributed by atoms with Crippen LogP contribution in [-0.4, -0.2) is 35.9 Å². The van der Waals surface area contributed by atoms with Crippen molar-refractivity contribution in [2.75, 3.05) is 5.73 Å². The number of primary amides is 1. The monoisotopic (exact) mass is 416 g/mol. The van der Waals surface area contributed by atoms with E-state index in [0.717, 1.165) is 33.7 Å². The summed E-state index contributed by atoms with van der Waals surface area (Å²) in [6, 6.07) is 9.02. The Morgan fingerprint density at radius 2 is 2.06 bits per heavy atom. The molecule has 31 heavy (non-hydrogen) atoms. The number of nitrogen functional groups attached to an aromatic ring is 1. The molecule has 0 unspecified atom stereocenters. The SMILES string of the molecule is NC(=O)c1ncc(F)cc1CCn1cc2c(n1)c(N)nc1cc(-c3ccn[nH]3)ccc12. The quantitative estimate of drug-likeness (QED) is 0.402. The molecule has 4 heterocycles. The van der Waals surface area contributed by atoms with Crippen LogP contribution in [0.4, 0.5) is 10.2 Å². The molecular formula is C21H17FN8O. The number of hydrogen-bond acceptors (Lipinski definition) is 6. The van der Waals surface area contributed by atoms with E-state index in [0.29, 0.717) is 29.9 Å². The van der Waals surface area contributed by atoms with Crippen molar-refractivity contribution in [2.24, 2.45) is 5.73 Å². The molecule has 0 spiro atoms. The van der Waals surface area contributed by atoms with Crippen LogP contribution in [0.5, 0.6) is 0 Å². The van der Waals surface area contributed by atoms with Gasteiger partial charge in [0.15, 0.2) is 5.82 Å². The maximum atomic E-state index is 13.6. The number of nitrogens with one attached hydrogen (secondary N) is 1. The van der Waals surface area contributed by atoms with Crippen LogP contribution in [-0.2, 0) is 13.0 Å². The van der Waals surface area contributed by atoms with Gasteiger partial charge in [0.05, 0.1) is 17.4 Å². The number of halogens is 1. The predicted molar refractivity (Wildman–Crippen MR) is 113 cm³/mol. The lowest BCUT2D eigenvalue weighted by atomic mass is 10.1. The number of rotatable bonds is 5. The van der Waals surface area contributed by atoms with Crippen molar-refractivity contribution in [3.63, 3.8) is 0 Å². The Hall–Kier alpha value is -4.34. The molecule has 0 atom stereocenters. The van der Waals surface area contributed by atoms with Crippen molar-refractivity contribution in [3.05, 3.63) is 66.0 Å². The van der Waals surface area contributed by atoms with Crippen LogP contribution in [0.2, 0.25) is 0 Å². The van der Waals surface area contributed by atoms with Crippen LogP contribution >= 0.6 is 0 Å². The normalized spacial score (nSPS) is 11.4. The van der Waals surface area contributed by atoms with Gasteiger partial charge in [-0.25, -0.2) is 14.4 Å². The molecule has 0 radical (unpaired) electrons. The van der Waals surface area contributed by atoms with Crippen molar-refractivity contribution in [2.45, 2.75) is 13.0 Å². The minimum Gasteiger partial charge on any atom is -0.382 e. The van der Waals surface area contributed by atoms with E-state index in [2.05, 4.69) is 25.3 Å². The summed E-state index contributed by atoms with van der Waals surface area (Å²) in [5.74, 6) is -0.917. The lowest BCUT2D eigenvalue weighted by Gasteiger charge is -2.06. The minimum absolute atomic E-state index is 0.0519. The average molecular weight is 416 g/mol. The largest absolute Gasteiger partial charge is 0.382 e. The number of carbonyl (C=O) groups is 1. The number of aryl methyl sites for hydroxylation is 2. The smallest absolute Gasteiger partial charge is 0.267 e. The molecule has 0 bridgehead atoms. The molecule has 10 heteroatoms. The second kappa shape index (κ2) is 7.17. The zero-order valence-electron chi connectivity index (χ0n) is 16.2. The van der Waals surface area contributed by atoms with E-state index in [-0.39, 0.29) is 5.69 Å². The molecule has 1 amide bonds. The molecular weight excluding hydrogens is 399 g/mol. The summed E-state index contributed by atoms with van der Waals surface area (Å²) in [6.07, 6.45) is 4.85. The Kier molecular flexibility index (Phi) is 4.32. The van der Waals surface area contributed by atoms with Crippen LogP contribution < -0.4 is 11.5 Å². The summed E-state index contributed by atoms with van der Waals surface area (Å²) in [7, 11) is 0. The molecule has 5 rings (SSSR count). The van der Waals surface area contributed by atoms with E-state index in [1.54, 1.807) is 10.9 Å². The first-order valence-electron chi connectivity index (χ1n) is 9.50. The van der Waals surface area contributed by atoms with E-state index in [1.807, 2.05) is 30.5 Å². The van der Waals surface area contributed by atoms with E-state index in [9.17, 15) is 9.18 Å². The zero-order valence-corrected chi connectivity index (χ0v) is 16.2. The van der Waals surface area contributed by atoms with Crippen LogP contribution in [0.15, 0.2) is 48.9 Å². The summed E-state index contributed by atoms with van der Waals surface area (Å²) >= 11 is 0. The maximum absolute atomic E-state index is 13.6. The molecule has 0 aliphatic carbocycles. The number of nitrogens with two attached hydrogens (primary N) is 2. The third kappa shape index (κ3) is 3.33. The zero-order chi connectivity index (χ0) is 21.5. The molecule has 5 N–H and O–H groups in total. The van der Waals surface area contributed by atoms with Gasteiger partial charge in [-0.05, 0) is 30.2 Å². The fourth-order valence-corrected chi connectivity index (χ4v) is 3.67. The lowest BCUT2D eigenvalue weighted by Crippen LogP contribution is -2.17. The fourth-order valence-electron chi connectivity index (χ4n) is 3.67. The lowest BCUT2D eigenvalue weighted by molar-refractivity contribution is 0.0994. The van der Waals surface area contributed by atoms with E-state index >= 15 is 0 Å². The molecule has 154 valence electrons. The third-order valence-electron chi connectivity index (χ3n) is 5.12. The van der Waals surface area contributed by atoms with Gasteiger partial charge < -0.3 is 11.5 Å². The number of amides is 1. The Morgan fingerprint density at radius 1 is 1.19 bits per heavy atom. The first kappa shape index (κ1) is 18.7. The molecule has 4 aromatic heterocycles. The predicted octanol–water partition coefficient (Wildman–Crippen LogP) is 2.43. The molecule has 9 nitrogen and oxygen atoms in total. The maximum Gasteiger partial charge on any atom is 0.267 e. The van der Waals surface area contributed by atoms with Crippen LogP contribution in [0.3, 0.4) is 0 Å². The summed E-state index contributed by atoms with van der Waals surface area (Å²) < 4.78 is 15.3. The topological polar surface area (TPSA) is 141 Å². The van der Waals surface area contributed by atoms with Gasteiger partial charge in [-0.3, -0.25) is 14.6 Å².